The van der Waals surface area contributed by atoms with Gasteiger partial charge in [0.2, 0.25) is 0 Å². The molecule has 0 heterocycles. The minimum absolute atomic E-state index is 0.0748. The molecule has 2 atom stereocenters. The van der Waals surface area contributed by atoms with E-state index in [9.17, 15) is 4.39 Å². The molecule has 1 aromatic rings. The Morgan fingerprint density at radius 3 is 2.78 bits per heavy atom. The van der Waals surface area contributed by atoms with Gasteiger partial charge in [0.15, 0.2) is 0 Å². The minimum Gasteiger partial charge on any atom is -0.316 e. The normalized spacial score (nSPS) is 25.2. The van der Waals surface area contributed by atoms with E-state index in [0.29, 0.717) is 11.8 Å². The summed E-state index contributed by atoms with van der Waals surface area (Å²) in [4.78, 5) is 0. The van der Waals surface area contributed by atoms with Crippen LogP contribution in [-0.2, 0) is 0 Å². The summed E-state index contributed by atoms with van der Waals surface area (Å²) in [5, 5.41) is 3.45. The first-order chi connectivity index (χ1) is 8.48. The number of hydrogen-bond donors (Lipinski definition) is 1. The van der Waals surface area contributed by atoms with Gasteiger partial charge >= 0.3 is 0 Å². The predicted molar refractivity (Wildman–Crippen MR) is 77.3 cm³/mol. The zero-order valence-electron chi connectivity index (χ0n) is 11.3. The van der Waals surface area contributed by atoms with E-state index >= 15 is 0 Å². The van der Waals surface area contributed by atoms with Crippen LogP contribution in [0, 0.1) is 17.2 Å². The number of hydrogen-bond acceptors (Lipinski definition) is 1. The molecule has 0 saturated heterocycles. The monoisotopic (exact) mass is 313 g/mol. The van der Waals surface area contributed by atoms with E-state index in [4.69, 9.17) is 0 Å². The van der Waals surface area contributed by atoms with E-state index in [1.54, 1.807) is 12.1 Å². The van der Waals surface area contributed by atoms with Gasteiger partial charge in [0, 0.05) is 4.47 Å². The molecule has 2 rings (SSSR count). The van der Waals surface area contributed by atoms with Gasteiger partial charge < -0.3 is 5.32 Å². The highest BCUT2D eigenvalue weighted by atomic mass is 79.9. The lowest BCUT2D eigenvalue weighted by Gasteiger charge is -2.05. The molecule has 1 aromatic carbocycles. The van der Waals surface area contributed by atoms with Crippen LogP contribution in [0.5, 0.6) is 0 Å². The van der Waals surface area contributed by atoms with Gasteiger partial charge in [0.05, 0.1) is 0 Å². The Bertz CT molecular complexity index is 431. The molecular weight excluding hydrogens is 293 g/mol. The van der Waals surface area contributed by atoms with Crippen molar-refractivity contribution in [2.24, 2.45) is 11.3 Å². The summed E-state index contributed by atoms with van der Waals surface area (Å²) in [6.07, 6.45) is 1.14. The first kappa shape index (κ1) is 14.0. The molecule has 2 unspecified atom stereocenters. The third-order valence-electron chi connectivity index (χ3n) is 4.13. The maximum atomic E-state index is 13.9. The molecule has 1 saturated carbocycles. The summed E-state index contributed by atoms with van der Waals surface area (Å²) >= 11 is 3.43. The Balaban J connectivity index is 2.11. The quantitative estimate of drug-likeness (QED) is 0.798. The lowest BCUT2D eigenvalue weighted by molar-refractivity contribution is 0.517. The Kier molecular flexibility index (Phi) is 4.12. The Hall–Kier alpha value is -0.410. The van der Waals surface area contributed by atoms with E-state index in [-0.39, 0.29) is 11.2 Å². The van der Waals surface area contributed by atoms with E-state index in [2.05, 4.69) is 42.0 Å². The number of rotatable bonds is 5. The van der Waals surface area contributed by atoms with Crippen molar-refractivity contribution >= 4 is 15.9 Å². The fourth-order valence-corrected chi connectivity index (χ4v) is 3.31. The summed E-state index contributed by atoms with van der Waals surface area (Å²) in [6.45, 7) is 8.65. The van der Waals surface area contributed by atoms with E-state index in [1.807, 2.05) is 6.07 Å². The van der Waals surface area contributed by atoms with Crippen LogP contribution in [0.1, 0.15) is 38.7 Å². The van der Waals surface area contributed by atoms with Crippen LogP contribution in [0.3, 0.4) is 0 Å². The molecule has 0 spiro atoms. The summed E-state index contributed by atoms with van der Waals surface area (Å²) in [5.41, 5.74) is 1.06. The molecule has 3 heteroatoms. The van der Waals surface area contributed by atoms with Crippen LogP contribution in [0.4, 0.5) is 4.39 Å². The third-order valence-corrected chi connectivity index (χ3v) is 4.63. The van der Waals surface area contributed by atoms with E-state index in [0.717, 1.165) is 29.5 Å². The van der Waals surface area contributed by atoms with Crippen LogP contribution < -0.4 is 5.32 Å². The van der Waals surface area contributed by atoms with E-state index < -0.39 is 0 Å². The standard InChI is InChI=1S/C15H21BrFN/c1-4-7-18-9-12-14(15(12,2)3)11-8-10(16)5-6-13(11)17/h5-6,8,12,14,18H,4,7,9H2,1-3H3. The van der Waals surface area contributed by atoms with Gasteiger partial charge in [-0.1, -0.05) is 36.7 Å². The zero-order valence-corrected chi connectivity index (χ0v) is 12.8. The van der Waals surface area contributed by atoms with Crippen LogP contribution in [0.25, 0.3) is 0 Å². The van der Waals surface area contributed by atoms with Crippen LogP contribution in [0.2, 0.25) is 0 Å². The first-order valence-corrected chi connectivity index (χ1v) is 7.43. The van der Waals surface area contributed by atoms with Crippen molar-refractivity contribution in [2.75, 3.05) is 13.1 Å². The number of nitrogens with one attached hydrogen (secondary N) is 1. The smallest absolute Gasteiger partial charge is 0.126 e. The fourth-order valence-electron chi connectivity index (χ4n) is 2.93. The molecule has 1 aliphatic rings. The molecule has 1 fully saturated rings. The minimum atomic E-state index is -0.0748. The molecule has 1 aliphatic carbocycles. The predicted octanol–water partition coefficient (Wildman–Crippen LogP) is 4.33. The average molecular weight is 314 g/mol. The number of halogens is 2. The summed E-state index contributed by atoms with van der Waals surface area (Å²) in [7, 11) is 0. The van der Waals surface area contributed by atoms with Gasteiger partial charge in [-0.2, -0.15) is 0 Å². The molecule has 18 heavy (non-hydrogen) atoms. The molecule has 0 bridgehead atoms. The van der Waals surface area contributed by atoms with Gasteiger partial charge in [-0.05, 0) is 60.5 Å². The summed E-state index contributed by atoms with van der Waals surface area (Å²) in [5.74, 6) is 0.793. The molecule has 0 aliphatic heterocycles. The average Bonchev–Trinajstić information content (AvgIpc) is 2.85. The van der Waals surface area contributed by atoms with Crippen molar-refractivity contribution in [1.29, 1.82) is 0 Å². The molecular formula is C15H21BrFN. The zero-order chi connectivity index (χ0) is 13.3. The highest BCUT2D eigenvalue weighted by molar-refractivity contribution is 9.10. The highest BCUT2D eigenvalue weighted by Gasteiger charge is 2.58. The topological polar surface area (TPSA) is 12.0 Å². The molecule has 1 nitrogen and oxygen atoms in total. The highest BCUT2D eigenvalue weighted by Crippen LogP contribution is 2.64. The van der Waals surface area contributed by atoms with Gasteiger partial charge in [-0.3, -0.25) is 0 Å². The summed E-state index contributed by atoms with van der Waals surface area (Å²) < 4.78 is 14.9. The second kappa shape index (κ2) is 5.30. The van der Waals surface area contributed by atoms with Crippen molar-refractivity contribution in [3.63, 3.8) is 0 Å². The first-order valence-electron chi connectivity index (χ1n) is 6.64. The van der Waals surface area contributed by atoms with Crippen LogP contribution >= 0.6 is 15.9 Å². The Morgan fingerprint density at radius 1 is 1.39 bits per heavy atom. The lowest BCUT2D eigenvalue weighted by atomic mass is 10.0. The lowest BCUT2D eigenvalue weighted by Crippen LogP contribution is -2.19. The fraction of sp³-hybridized carbons (Fsp3) is 0.600. The maximum absolute atomic E-state index is 13.9. The molecule has 0 aromatic heterocycles. The van der Waals surface area contributed by atoms with Crippen LogP contribution in [-0.4, -0.2) is 13.1 Å². The third kappa shape index (κ3) is 2.62. The van der Waals surface area contributed by atoms with Crippen LogP contribution in [0.15, 0.2) is 22.7 Å². The van der Waals surface area contributed by atoms with Gasteiger partial charge in [0.1, 0.15) is 5.82 Å². The van der Waals surface area contributed by atoms with Gasteiger partial charge in [-0.25, -0.2) is 4.39 Å². The SMILES string of the molecule is CCCNCC1C(c2cc(Br)ccc2F)C1(C)C. The van der Waals surface area contributed by atoms with Crippen molar-refractivity contribution in [3.05, 3.63) is 34.1 Å². The second-order valence-electron chi connectivity index (χ2n) is 5.78. The molecule has 1 N–H and O–H groups in total. The Labute approximate surface area is 117 Å². The molecule has 100 valence electrons. The maximum Gasteiger partial charge on any atom is 0.126 e. The van der Waals surface area contributed by atoms with Gasteiger partial charge in [-0.15, -0.1) is 0 Å². The second-order valence-corrected chi connectivity index (χ2v) is 6.69. The van der Waals surface area contributed by atoms with Crippen molar-refractivity contribution in [2.45, 2.75) is 33.1 Å². The molecule has 0 radical (unpaired) electrons. The summed E-state index contributed by atoms with van der Waals surface area (Å²) in [6, 6.07) is 5.25. The Morgan fingerprint density at radius 2 is 2.11 bits per heavy atom. The molecule has 0 amide bonds. The largest absolute Gasteiger partial charge is 0.316 e. The van der Waals surface area contributed by atoms with Crippen molar-refractivity contribution in [1.82, 2.24) is 5.32 Å². The van der Waals surface area contributed by atoms with Gasteiger partial charge in [0.25, 0.3) is 0 Å². The van der Waals surface area contributed by atoms with Crippen molar-refractivity contribution < 1.29 is 4.39 Å². The number of benzene rings is 1. The van der Waals surface area contributed by atoms with Crippen molar-refractivity contribution in [3.8, 4) is 0 Å². The van der Waals surface area contributed by atoms with E-state index in [1.165, 1.54) is 0 Å².